The molecule has 3 atom stereocenters. The summed E-state index contributed by atoms with van der Waals surface area (Å²) in [5.41, 5.74) is 0. The van der Waals surface area contributed by atoms with Crippen LogP contribution in [-0.4, -0.2) is 35.8 Å². The molecule has 1 aromatic heterocycles. The van der Waals surface area contributed by atoms with E-state index in [1.54, 1.807) is 0 Å². The molecule has 2 rings (SSSR count). The van der Waals surface area contributed by atoms with Crippen molar-refractivity contribution in [2.24, 2.45) is 16.8 Å². The van der Waals surface area contributed by atoms with Crippen LogP contribution in [0.5, 0.6) is 0 Å². The first-order chi connectivity index (χ1) is 12.6. The summed E-state index contributed by atoms with van der Waals surface area (Å²) in [6.45, 7) is 11.1. The van der Waals surface area contributed by atoms with Crippen LogP contribution in [0.3, 0.4) is 0 Å². The van der Waals surface area contributed by atoms with Gasteiger partial charge >= 0.3 is 0 Å². The Morgan fingerprint density at radius 1 is 1.33 bits per heavy atom. The molecule has 0 radical (unpaired) electrons. The van der Waals surface area contributed by atoms with Crippen LogP contribution in [0, 0.1) is 11.8 Å². The second kappa shape index (κ2) is 13.3. The summed E-state index contributed by atoms with van der Waals surface area (Å²) in [4.78, 5) is 8.91. The first kappa shape index (κ1) is 24.1. The fraction of sp³-hybridized carbons (Fsp3) is 0.842. The smallest absolute Gasteiger partial charge is 0.248 e. The van der Waals surface area contributed by atoms with Crippen molar-refractivity contribution in [2.45, 2.75) is 72.4 Å². The molecule has 1 heterocycles. The number of nitrogens with zero attached hydrogens (tertiary/aromatic N) is 3. The van der Waals surface area contributed by atoms with E-state index in [-0.39, 0.29) is 30.1 Å². The minimum Gasteiger partial charge on any atom is -0.371 e. The highest BCUT2D eigenvalue weighted by molar-refractivity contribution is 14.0. The van der Waals surface area contributed by atoms with E-state index in [0.29, 0.717) is 24.9 Å². The van der Waals surface area contributed by atoms with Gasteiger partial charge in [-0.3, -0.25) is 0 Å². The maximum absolute atomic E-state index is 5.48. The molecular formula is C19H36IN5O2. The minimum atomic E-state index is -0.161. The van der Waals surface area contributed by atoms with Crippen LogP contribution < -0.4 is 10.6 Å². The van der Waals surface area contributed by atoms with Crippen LogP contribution in [0.1, 0.15) is 77.6 Å². The molecular weight excluding hydrogens is 457 g/mol. The van der Waals surface area contributed by atoms with Gasteiger partial charge in [0.15, 0.2) is 11.8 Å². The number of hydrogen-bond donors (Lipinski definition) is 2. The van der Waals surface area contributed by atoms with Crippen LogP contribution in [0.15, 0.2) is 9.52 Å². The van der Waals surface area contributed by atoms with E-state index in [9.17, 15) is 0 Å². The van der Waals surface area contributed by atoms with Crippen molar-refractivity contribution in [3.8, 4) is 0 Å². The van der Waals surface area contributed by atoms with Crippen LogP contribution in [0.4, 0.5) is 0 Å². The molecule has 1 aromatic rings. The fourth-order valence-corrected chi connectivity index (χ4v) is 3.53. The second-order valence-corrected chi connectivity index (χ2v) is 7.19. The van der Waals surface area contributed by atoms with Crippen molar-refractivity contribution in [1.82, 2.24) is 20.8 Å². The Hall–Kier alpha value is -0.900. The number of halogens is 1. The molecule has 0 spiro atoms. The van der Waals surface area contributed by atoms with Gasteiger partial charge in [0.1, 0.15) is 12.6 Å². The summed E-state index contributed by atoms with van der Waals surface area (Å²) < 4.78 is 10.7. The molecule has 0 aromatic carbocycles. The van der Waals surface area contributed by atoms with Crippen LogP contribution in [0.25, 0.3) is 0 Å². The van der Waals surface area contributed by atoms with E-state index in [4.69, 9.17) is 9.26 Å². The van der Waals surface area contributed by atoms with Crippen molar-refractivity contribution in [3.05, 3.63) is 11.7 Å². The van der Waals surface area contributed by atoms with Crippen molar-refractivity contribution in [1.29, 1.82) is 0 Å². The minimum absolute atomic E-state index is 0. The Labute approximate surface area is 180 Å². The second-order valence-electron chi connectivity index (χ2n) is 7.19. The maximum atomic E-state index is 5.48. The Kier molecular flexibility index (Phi) is 11.9. The first-order valence-corrected chi connectivity index (χ1v) is 10.1. The Morgan fingerprint density at radius 3 is 2.85 bits per heavy atom. The van der Waals surface area contributed by atoms with Gasteiger partial charge in [0.05, 0.1) is 0 Å². The van der Waals surface area contributed by atoms with Crippen molar-refractivity contribution in [3.63, 3.8) is 0 Å². The molecule has 0 aliphatic heterocycles. The van der Waals surface area contributed by atoms with Crippen molar-refractivity contribution >= 4 is 29.9 Å². The number of nitrogens with one attached hydrogen (secondary N) is 2. The number of ether oxygens (including phenoxy) is 1. The highest BCUT2D eigenvalue weighted by atomic mass is 127. The molecule has 8 heteroatoms. The summed E-state index contributed by atoms with van der Waals surface area (Å²) in [6, 6.07) is 0. The van der Waals surface area contributed by atoms with E-state index in [0.717, 1.165) is 30.9 Å². The topological polar surface area (TPSA) is 84.6 Å². The normalized spacial score (nSPS) is 21.4. The average Bonchev–Trinajstić information content (AvgIpc) is 3.09. The highest BCUT2D eigenvalue weighted by Gasteiger charge is 2.18. The standard InChI is InChI=1S/C19H35N5O2.HI/c1-5-20-19(21-11-10-16-9-7-8-14(3)12-16)22-13-17-23-18(24-26-17)15(4)25-6-2;/h14-16H,5-13H2,1-4H3,(H2,20,21,22);1H. The van der Waals surface area contributed by atoms with Gasteiger partial charge in [-0.1, -0.05) is 31.3 Å². The number of aliphatic imine (C=N–C) groups is 1. The lowest BCUT2D eigenvalue weighted by molar-refractivity contribution is 0.0683. The monoisotopic (exact) mass is 493 g/mol. The summed E-state index contributed by atoms with van der Waals surface area (Å²) in [6.07, 6.45) is 6.53. The summed E-state index contributed by atoms with van der Waals surface area (Å²) in [5, 5.41) is 10.7. The first-order valence-electron chi connectivity index (χ1n) is 10.1. The van der Waals surface area contributed by atoms with Crippen molar-refractivity contribution in [2.75, 3.05) is 19.7 Å². The Balaban J connectivity index is 0.00000364. The fourth-order valence-electron chi connectivity index (χ4n) is 3.53. The SMILES string of the molecule is CCNC(=NCc1nc(C(C)OCC)no1)NCCC1CCCC(C)C1.I. The third-order valence-corrected chi connectivity index (χ3v) is 4.87. The lowest BCUT2D eigenvalue weighted by Gasteiger charge is -2.26. The molecule has 3 unspecified atom stereocenters. The van der Waals surface area contributed by atoms with Crippen LogP contribution in [-0.2, 0) is 11.3 Å². The molecule has 0 amide bonds. The average molecular weight is 493 g/mol. The molecule has 7 nitrogen and oxygen atoms in total. The lowest BCUT2D eigenvalue weighted by Crippen LogP contribution is -2.38. The van der Waals surface area contributed by atoms with E-state index in [2.05, 4.69) is 39.6 Å². The van der Waals surface area contributed by atoms with Crippen molar-refractivity contribution < 1.29 is 9.26 Å². The molecule has 1 aliphatic rings. The van der Waals surface area contributed by atoms with Gasteiger partial charge in [0, 0.05) is 19.7 Å². The van der Waals surface area contributed by atoms with Gasteiger partial charge < -0.3 is 19.9 Å². The predicted octanol–water partition coefficient (Wildman–Crippen LogP) is 4.06. The molecule has 27 heavy (non-hydrogen) atoms. The van der Waals surface area contributed by atoms with E-state index in [1.165, 1.54) is 32.1 Å². The summed E-state index contributed by atoms with van der Waals surface area (Å²) in [5.74, 6) is 3.59. The van der Waals surface area contributed by atoms with Crippen LogP contribution >= 0.6 is 24.0 Å². The largest absolute Gasteiger partial charge is 0.371 e. The summed E-state index contributed by atoms with van der Waals surface area (Å²) >= 11 is 0. The third kappa shape index (κ3) is 8.76. The zero-order valence-corrected chi connectivity index (χ0v) is 19.5. The van der Waals surface area contributed by atoms with E-state index in [1.807, 2.05) is 13.8 Å². The number of rotatable bonds is 9. The third-order valence-electron chi connectivity index (χ3n) is 4.87. The highest BCUT2D eigenvalue weighted by Crippen LogP contribution is 2.30. The van der Waals surface area contributed by atoms with Gasteiger partial charge in [-0.2, -0.15) is 4.98 Å². The van der Waals surface area contributed by atoms with E-state index < -0.39 is 0 Å². The Bertz CT molecular complexity index is 552. The summed E-state index contributed by atoms with van der Waals surface area (Å²) in [7, 11) is 0. The number of guanidine groups is 1. The maximum Gasteiger partial charge on any atom is 0.248 e. The molecule has 2 N–H and O–H groups in total. The van der Waals surface area contributed by atoms with Gasteiger partial charge in [0.25, 0.3) is 0 Å². The lowest BCUT2D eigenvalue weighted by atomic mass is 9.81. The predicted molar refractivity (Wildman–Crippen MR) is 118 cm³/mol. The van der Waals surface area contributed by atoms with Crippen LogP contribution in [0.2, 0.25) is 0 Å². The molecule has 1 fully saturated rings. The molecule has 0 bridgehead atoms. The van der Waals surface area contributed by atoms with E-state index >= 15 is 0 Å². The Morgan fingerprint density at radius 2 is 2.15 bits per heavy atom. The molecule has 156 valence electrons. The molecule has 1 saturated carbocycles. The van der Waals surface area contributed by atoms with Gasteiger partial charge in [-0.15, -0.1) is 24.0 Å². The number of aromatic nitrogens is 2. The quantitative estimate of drug-likeness (QED) is 0.307. The zero-order chi connectivity index (χ0) is 18.8. The molecule has 1 aliphatic carbocycles. The van der Waals surface area contributed by atoms with Gasteiger partial charge in [0.2, 0.25) is 5.89 Å². The zero-order valence-electron chi connectivity index (χ0n) is 17.2. The van der Waals surface area contributed by atoms with Gasteiger partial charge in [-0.25, -0.2) is 4.99 Å². The molecule has 0 saturated heterocycles. The number of hydrogen-bond acceptors (Lipinski definition) is 5. The van der Waals surface area contributed by atoms with Gasteiger partial charge in [-0.05, 0) is 45.4 Å².